The van der Waals surface area contributed by atoms with Crippen LogP contribution in [0, 0.1) is 25.6 Å². The predicted molar refractivity (Wildman–Crippen MR) is 84.3 cm³/mol. The molecule has 0 fully saturated rings. The van der Waals surface area contributed by atoms with Crippen molar-refractivity contribution in [2.24, 2.45) is 5.92 Å². The summed E-state index contributed by atoms with van der Waals surface area (Å²) < 4.78 is 14.9. The number of aryl methyl sites for hydroxylation is 1. The van der Waals surface area contributed by atoms with Gasteiger partial charge in [0.1, 0.15) is 5.82 Å². The Hall–Kier alpha value is -2.63. The fourth-order valence-corrected chi connectivity index (χ4v) is 2.41. The number of rotatable bonds is 5. The lowest BCUT2D eigenvalue weighted by Crippen LogP contribution is -2.31. The van der Waals surface area contributed by atoms with Crippen molar-refractivity contribution >= 4 is 11.9 Å². The van der Waals surface area contributed by atoms with Crippen molar-refractivity contribution in [3.8, 4) is 5.69 Å². The maximum absolute atomic E-state index is 13.1. The number of aliphatic carboxylic acids is 1. The lowest BCUT2D eigenvalue weighted by Gasteiger charge is -2.11. The normalized spacial score (nSPS) is 12.0. The molecular weight excluding hydrogens is 299 g/mol. The van der Waals surface area contributed by atoms with Crippen LogP contribution in [0.25, 0.3) is 5.69 Å². The van der Waals surface area contributed by atoms with Crippen molar-refractivity contribution in [3.05, 3.63) is 53.1 Å². The molecule has 0 saturated carbocycles. The van der Waals surface area contributed by atoms with Crippen LogP contribution >= 0.6 is 0 Å². The second-order valence-corrected chi connectivity index (χ2v) is 5.55. The second kappa shape index (κ2) is 6.64. The van der Waals surface area contributed by atoms with E-state index in [2.05, 4.69) is 5.32 Å². The Morgan fingerprint density at radius 3 is 2.43 bits per heavy atom. The Labute approximate surface area is 133 Å². The molecule has 2 rings (SSSR count). The number of carboxylic acid groups (broad SMARTS) is 1. The molecular formula is C17H19FN2O3. The van der Waals surface area contributed by atoms with Crippen molar-refractivity contribution in [1.29, 1.82) is 0 Å². The maximum Gasteiger partial charge on any atom is 0.308 e. The Morgan fingerprint density at radius 2 is 1.87 bits per heavy atom. The number of nitrogens with zero attached hydrogens (tertiary/aromatic N) is 1. The Balaban J connectivity index is 2.25. The number of carbonyl (C=O) groups excluding carboxylic acids is 1. The first-order valence-corrected chi connectivity index (χ1v) is 7.27. The molecule has 0 aliphatic rings. The molecule has 1 atom stereocenters. The quantitative estimate of drug-likeness (QED) is 0.890. The third-order valence-electron chi connectivity index (χ3n) is 3.75. The van der Waals surface area contributed by atoms with E-state index in [1.807, 2.05) is 11.5 Å². The van der Waals surface area contributed by atoms with Gasteiger partial charge in [0, 0.05) is 23.6 Å². The zero-order chi connectivity index (χ0) is 17.1. The van der Waals surface area contributed by atoms with Crippen molar-refractivity contribution in [1.82, 2.24) is 9.88 Å². The van der Waals surface area contributed by atoms with Crippen LogP contribution in [0.3, 0.4) is 0 Å². The van der Waals surface area contributed by atoms with Gasteiger partial charge in [-0.15, -0.1) is 0 Å². The monoisotopic (exact) mass is 318 g/mol. The minimum absolute atomic E-state index is 0.0639. The first-order chi connectivity index (χ1) is 10.8. The van der Waals surface area contributed by atoms with Crippen molar-refractivity contribution in [3.63, 3.8) is 0 Å². The fourth-order valence-electron chi connectivity index (χ4n) is 2.41. The van der Waals surface area contributed by atoms with E-state index in [1.165, 1.54) is 19.1 Å². The number of amides is 1. The first kappa shape index (κ1) is 16.7. The predicted octanol–water partition coefficient (Wildman–Crippen LogP) is 2.68. The van der Waals surface area contributed by atoms with Crippen LogP contribution in [0.4, 0.5) is 4.39 Å². The molecule has 0 aliphatic heterocycles. The molecule has 23 heavy (non-hydrogen) atoms. The SMILES string of the molecule is Cc1cc(C(=O)NCC(C)C(=O)O)c(C)n1-c1ccc(F)cc1. The van der Waals surface area contributed by atoms with E-state index in [1.54, 1.807) is 25.1 Å². The number of carbonyl (C=O) groups is 2. The molecule has 1 aromatic heterocycles. The summed E-state index contributed by atoms with van der Waals surface area (Å²) in [5.74, 6) is -2.25. The van der Waals surface area contributed by atoms with Gasteiger partial charge in [0.05, 0.1) is 11.5 Å². The summed E-state index contributed by atoms with van der Waals surface area (Å²) in [5, 5.41) is 11.5. The molecule has 1 heterocycles. The van der Waals surface area contributed by atoms with E-state index in [-0.39, 0.29) is 18.3 Å². The summed E-state index contributed by atoms with van der Waals surface area (Å²) in [6.07, 6.45) is 0. The number of aromatic nitrogens is 1. The molecule has 0 spiro atoms. The number of hydrogen-bond acceptors (Lipinski definition) is 2. The van der Waals surface area contributed by atoms with Gasteiger partial charge in [0.15, 0.2) is 0 Å². The van der Waals surface area contributed by atoms with E-state index >= 15 is 0 Å². The van der Waals surface area contributed by atoms with Gasteiger partial charge in [-0.2, -0.15) is 0 Å². The van der Waals surface area contributed by atoms with E-state index in [9.17, 15) is 14.0 Å². The molecule has 5 nitrogen and oxygen atoms in total. The Bertz CT molecular complexity index is 735. The highest BCUT2D eigenvalue weighted by Gasteiger charge is 2.18. The third kappa shape index (κ3) is 3.59. The van der Waals surface area contributed by atoms with Gasteiger partial charge >= 0.3 is 5.97 Å². The van der Waals surface area contributed by atoms with E-state index in [0.717, 1.165) is 17.1 Å². The second-order valence-electron chi connectivity index (χ2n) is 5.55. The molecule has 0 bridgehead atoms. The van der Waals surface area contributed by atoms with E-state index in [0.29, 0.717) is 5.56 Å². The summed E-state index contributed by atoms with van der Waals surface area (Å²) in [7, 11) is 0. The highest BCUT2D eigenvalue weighted by atomic mass is 19.1. The van der Waals surface area contributed by atoms with Gasteiger partial charge in [-0.3, -0.25) is 9.59 Å². The molecule has 2 N–H and O–H groups in total. The molecule has 122 valence electrons. The number of halogens is 1. The molecule has 1 aromatic carbocycles. The number of benzene rings is 1. The maximum atomic E-state index is 13.1. The lowest BCUT2D eigenvalue weighted by molar-refractivity contribution is -0.140. The zero-order valence-electron chi connectivity index (χ0n) is 13.3. The van der Waals surface area contributed by atoms with E-state index < -0.39 is 11.9 Å². The van der Waals surface area contributed by atoms with Crippen molar-refractivity contribution in [2.75, 3.05) is 6.54 Å². The van der Waals surface area contributed by atoms with Crippen LogP contribution in [0.5, 0.6) is 0 Å². The van der Waals surface area contributed by atoms with Gasteiger partial charge in [-0.1, -0.05) is 6.92 Å². The molecule has 1 unspecified atom stereocenters. The Kier molecular flexibility index (Phi) is 4.83. The van der Waals surface area contributed by atoms with Crippen LogP contribution < -0.4 is 5.32 Å². The van der Waals surface area contributed by atoms with Crippen LogP contribution in [0.2, 0.25) is 0 Å². The first-order valence-electron chi connectivity index (χ1n) is 7.27. The topological polar surface area (TPSA) is 71.3 Å². The average molecular weight is 318 g/mol. The van der Waals surface area contributed by atoms with Gasteiger partial charge in [-0.25, -0.2) is 4.39 Å². The summed E-state index contributed by atoms with van der Waals surface area (Å²) in [6.45, 7) is 5.25. The molecule has 0 saturated heterocycles. The molecule has 1 amide bonds. The van der Waals surface area contributed by atoms with Gasteiger partial charge in [-0.05, 0) is 44.2 Å². The summed E-state index contributed by atoms with van der Waals surface area (Å²) in [4.78, 5) is 23.1. The molecule has 2 aromatic rings. The molecule has 0 aliphatic carbocycles. The van der Waals surface area contributed by atoms with Crippen molar-refractivity contribution < 1.29 is 19.1 Å². The smallest absolute Gasteiger partial charge is 0.308 e. The van der Waals surface area contributed by atoms with Gasteiger partial charge in [0.2, 0.25) is 0 Å². The standard InChI is InChI=1S/C17H19FN2O3/c1-10(17(22)23)9-19-16(21)15-8-11(2)20(12(15)3)14-6-4-13(18)5-7-14/h4-8,10H,9H2,1-3H3,(H,19,21)(H,22,23). The van der Waals surface area contributed by atoms with Crippen LogP contribution in [-0.4, -0.2) is 28.1 Å². The fraction of sp³-hybridized carbons (Fsp3) is 0.294. The van der Waals surface area contributed by atoms with Gasteiger partial charge < -0.3 is 15.0 Å². The summed E-state index contributed by atoms with van der Waals surface area (Å²) in [5.41, 5.74) is 2.80. The summed E-state index contributed by atoms with van der Waals surface area (Å²) in [6, 6.07) is 7.75. The van der Waals surface area contributed by atoms with Crippen LogP contribution in [0.15, 0.2) is 30.3 Å². The largest absolute Gasteiger partial charge is 0.481 e. The Morgan fingerprint density at radius 1 is 1.26 bits per heavy atom. The number of nitrogens with one attached hydrogen (secondary N) is 1. The number of carboxylic acids is 1. The van der Waals surface area contributed by atoms with E-state index in [4.69, 9.17) is 5.11 Å². The zero-order valence-corrected chi connectivity index (χ0v) is 13.3. The minimum Gasteiger partial charge on any atom is -0.481 e. The molecule has 0 radical (unpaired) electrons. The van der Waals surface area contributed by atoms with Crippen molar-refractivity contribution in [2.45, 2.75) is 20.8 Å². The van der Waals surface area contributed by atoms with Crippen LogP contribution in [0.1, 0.15) is 28.7 Å². The van der Waals surface area contributed by atoms with Gasteiger partial charge in [0.25, 0.3) is 5.91 Å². The number of hydrogen-bond donors (Lipinski definition) is 2. The molecule has 6 heteroatoms. The highest BCUT2D eigenvalue weighted by molar-refractivity contribution is 5.96. The third-order valence-corrected chi connectivity index (χ3v) is 3.75. The average Bonchev–Trinajstić information content (AvgIpc) is 2.80. The highest BCUT2D eigenvalue weighted by Crippen LogP contribution is 2.21. The minimum atomic E-state index is -0.956. The lowest BCUT2D eigenvalue weighted by atomic mass is 10.1. The summed E-state index contributed by atoms with van der Waals surface area (Å²) >= 11 is 0. The van der Waals surface area contributed by atoms with Crippen LogP contribution in [-0.2, 0) is 4.79 Å².